The maximum atomic E-state index is 0. The number of halogens is 1. The van der Waals surface area contributed by atoms with Gasteiger partial charge in [-0.25, -0.2) is 0 Å². The van der Waals surface area contributed by atoms with Crippen molar-refractivity contribution in [1.82, 2.24) is 0 Å². The van der Waals surface area contributed by atoms with Crippen LogP contribution in [-0.2, 0) is 48.9 Å². The quantitative estimate of drug-likeness (QED) is 0.324. The first kappa shape index (κ1) is 44.1. The van der Waals surface area contributed by atoms with Gasteiger partial charge in [-0.3, -0.25) is 0 Å². The fourth-order valence-corrected chi connectivity index (χ4v) is 0. The van der Waals surface area contributed by atoms with Gasteiger partial charge in [0.1, 0.15) is 0 Å². The molecule has 0 fully saturated rings. The molecular formula is ClOTi2+5. The topological polar surface area (TPSA) is 28.5 Å². The average molecular weight is 147 g/mol. The van der Waals surface area contributed by atoms with E-state index in [9.17, 15) is 0 Å². The molecule has 0 N–H and O–H groups in total. The van der Waals surface area contributed by atoms with Crippen LogP contribution in [0.15, 0.2) is 0 Å². The second-order valence-electron chi connectivity index (χ2n) is 0. The number of hydrogen-bond acceptors (Lipinski definition) is 0. The summed E-state index contributed by atoms with van der Waals surface area (Å²) in [6, 6.07) is 0. The van der Waals surface area contributed by atoms with Gasteiger partial charge in [0.05, 0.1) is 0 Å². The van der Waals surface area contributed by atoms with Gasteiger partial charge in [-0.15, -0.1) is 0 Å². The van der Waals surface area contributed by atoms with Crippen molar-refractivity contribution in [2.45, 2.75) is 0 Å². The first-order valence-electron chi connectivity index (χ1n) is 0. The Hall–Kier alpha value is 1.68. The smallest absolute Gasteiger partial charge is 2.00 e. The Balaban J connectivity index is 0. The Bertz CT molecular complexity index is 6.00. The number of hydrogen-bond donors (Lipinski definition) is 0. The summed E-state index contributed by atoms with van der Waals surface area (Å²) in [5.41, 5.74) is 0. The third-order valence-corrected chi connectivity index (χ3v) is 0. The average Bonchev–Trinajstić information content (AvgIpc) is 0. The van der Waals surface area contributed by atoms with Crippen LogP contribution in [0.5, 0.6) is 0 Å². The molecule has 0 amide bonds. The van der Waals surface area contributed by atoms with Crippen molar-refractivity contribution in [3.63, 3.8) is 0 Å². The molecule has 0 aliphatic rings. The molecule has 0 rings (SSSR count). The van der Waals surface area contributed by atoms with E-state index in [1.165, 1.54) is 0 Å². The van der Waals surface area contributed by atoms with Gasteiger partial charge >= 0.3 is 43.4 Å². The second-order valence-corrected chi connectivity index (χ2v) is 0. The third-order valence-electron chi connectivity index (χ3n) is 0. The van der Waals surface area contributed by atoms with Crippen molar-refractivity contribution in [3.8, 4) is 0 Å². The molecule has 0 bridgehead atoms. The van der Waals surface area contributed by atoms with Gasteiger partial charge in [0.15, 0.2) is 0 Å². The van der Waals surface area contributed by atoms with Crippen LogP contribution >= 0.6 is 0 Å². The van der Waals surface area contributed by atoms with E-state index in [-0.39, 0.29) is 61.3 Å². The van der Waals surface area contributed by atoms with Crippen LogP contribution in [0.1, 0.15) is 0 Å². The monoisotopic (exact) mass is 147 g/mol. The van der Waals surface area contributed by atoms with E-state index in [0.29, 0.717) is 0 Å². The molecule has 0 heterocycles. The zero-order valence-corrected chi connectivity index (χ0v) is 5.67. The molecule has 16 valence electrons. The third kappa shape index (κ3) is 9.37. The summed E-state index contributed by atoms with van der Waals surface area (Å²) >= 11 is 0. The summed E-state index contributed by atoms with van der Waals surface area (Å²) in [5.74, 6) is 0. The molecule has 0 saturated carbocycles. The Morgan fingerprint density at radius 3 is 0.750 bits per heavy atom. The van der Waals surface area contributed by atoms with Crippen LogP contribution in [0.2, 0.25) is 0 Å². The minimum atomic E-state index is 0. The summed E-state index contributed by atoms with van der Waals surface area (Å²) in [7, 11) is 0. The zero-order valence-electron chi connectivity index (χ0n) is 1.79. The SMILES string of the molecule is [Cl-].[O-2].[Ti+4].[Ti+4]. The van der Waals surface area contributed by atoms with Gasteiger partial charge in [0.25, 0.3) is 0 Å². The van der Waals surface area contributed by atoms with Gasteiger partial charge in [-0.1, -0.05) is 0 Å². The first-order chi connectivity index (χ1) is 0. The van der Waals surface area contributed by atoms with Crippen LogP contribution in [0.3, 0.4) is 0 Å². The van der Waals surface area contributed by atoms with E-state index in [0.717, 1.165) is 0 Å². The molecule has 0 aliphatic carbocycles. The normalized spacial score (nSPS) is 0. The summed E-state index contributed by atoms with van der Waals surface area (Å²) in [6.45, 7) is 0. The molecular weight excluding hydrogens is 147 g/mol. The molecule has 0 atom stereocenters. The Labute approximate surface area is 61.0 Å². The standard InChI is InChI=1S/ClH.O.2Ti/h1H;;;/q;-2;2*+4/p-1. The minimum Gasteiger partial charge on any atom is -2.00 e. The Morgan fingerprint density at radius 2 is 0.750 bits per heavy atom. The summed E-state index contributed by atoms with van der Waals surface area (Å²) in [5, 5.41) is 0. The van der Waals surface area contributed by atoms with Gasteiger partial charge in [-0.2, -0.15) is 0 Å². The van der Waals surface area contributed by atoms with E-state index >= 15 is 0 Å². The summed E-state index contributed by atoms with van der Waals surface area (Å²) < 4.78 is 0. The van der Waals surface area contributed by atoms with E-state index < -0.39 is 0 Å². The van der Waals surface area contributed by atoms with Crippen LogP contribution in [0, 0.1) is 0 Å². The van der Waals surface area contributed by atoms with Crippen molar-refractivity contribution in [1.29, 1.82) is 0 Å². The van der Waals surface area contributed by atoms with Crippen molar-refractivity contribution >= 4 is 0 Å². The molecule has 0 radical (unpaired) electrons. The molecule has 4 heavy (non-hydrogen) atoms. The maximum absolute atomic E-state index is 0. The fraction of sp³-hybridized carbons (Fsp3) is 0. The molecule has 4 heteroatoms. The summed E-state index contributed by atoms with van der Waals surface area (Å²) in [4.78, 5) is 0. The molecule has 0 spiro atoms. The van der Waals surface area contributed by atoms with Crippen molar-refractivity contribution < 1.29 is 61.3 Å². The van der Waals surface area contributed by atoms with Crippen LogP contribution in [0.4, 0.5) is 0 Å². The second kappa shape index (κ2) is 22.5. The molecule has 0 aromatic carbocycles. The molecule has 0 saturated heterocycles. The molecule has 0 unspecified atom stereocenters. The largest absolute Gasteiger partial charge is 4.00 e. The molecule has 0 aromatic heterocycles. The predicted octanol–water partition coefficient (Wildman–Crippen LogP) is -3.12. The number of rotatable bonds is 0. The van der Waals surface area contributed by atoms with Gasteiger partial charge < -0.3 is 17.9 Å². The molecule has 0 aromatic rings. The predicted molar refractivity (Wildman–Crippen MR) is 0.686 cm³/mol. The van der Waals surface area contributed by atoms with E-state index in [1.54, 1.807) is 0 Å². The van der Waals surface area contributed by atoms with Crippen LogP contribution < -0.4 is 12.4 Å². The van der Waals surface area contributed by atoms with Crippen LogP contribution in [0.25, 0.3) is 0 Å². The Morgan fingerprint density at radius 1 is 0.750 bits per heavy atom. The van der Waals surface area contributed by atoms with Crippen molar-refractivity contribution in [2.75, 3.05) is 0 Å². The fourth-order valence-electron chi connectivity index (χ4n) is 0. The maximum Gasteiger partial charge on any atom is 4.00 e. The van der Waals surface area contributed by atoms with Gasteiger partial charge in [-0.05, 0) is 0 Å². The van der Waals surface area contributed by atoms with Gasteiger partial charge in [0.2, 0.25) is 0 Å². The van der Waals surface area contributed by atoms with Crippen molar-refractivity contribution in [2.24, 2.45) is 0 Å². The van der Waals surface area contributed by atoms with Crippen LogP contribution in [-0.4, -0.2) is 0 Å². The summed E-state index contributed by atoms with van der Waals surface area (Å²) in [6.07, 6.45) is 0. The zero-order chi connectivity index (χ0) is 0. The molecule has 0 aliphatic heterocycles. The van der Waals surface area contributed by atoms with E-state index in [2.05, 4.69) is 0 Å². The van der Waals surface area contributed by atoms with E-state index in [4.69, 9.17) is 0 Å². The minimum absolute atomic E-state index is 0. The molecule has 1 nitrogen and oxygen atoms in total. The first-order valence-corrected chi connectivity index (χ1v) is 0. The van der Waals surface area contributed by atoms with Gasteiger partial charge in [0, 0.05) is 0 Å². The van der Waals surface area contributed by atoms with Crippen molar-refractivity contribution in [3.05, 3.63) is 0 Å². The Kier molecular flexibility index (Phi) is 248. The van der Waals surface area contributed by atoms with E-state index in [1.807, 2.05) is 0 Å².